The Morgan fingerprint density at radius 1 is 1.56 bits per heavy atom. The maximum atomic E-state index is 11.9. The molecular weight excluding hydrogens is 224 g/mol. The zero-order valence-electron chi connectivity index (χ0n) is 9.88. The van der Waals surface area contributed by atoms with E-state index in [9.17, 15) is 4.79 Å². The molecule has 0 bridgehead atoms. The Bertz CT molecular complexity index is 358. The van der Waals surface area contributed by atoms with Gasteiger partial charge in [0.15, 0.2) is 0 Å². The summed E-state index contributed by atoms with van der Waals surface area (Å²) in [4.78, 5) is 16.0. The number of alkyl halides is 1. The van der Waals surface area contributed by atoms with Crippen molar-refractivity contribution in [3.63, 3.8) is 0 Å². The maximum Gasteiger partial charge on any atom is 0.253 e. The van der Waals surface area contributed by atoms with Gasteiger partial charge < -0.3 is 5.32 Å². The fraction of sp³-hybridized carbons (Fsp3) is 0.500. The second kappa shape index (κ2) is 5.30. The average Bonchev–Trinajstić information content (AvgIpc) is 2.29. The van der Waals surface area contributed by atoms with Crippen LogP contribution in [0.5, 0.6) is 0 Å². The van der Waals surface area contributed by atoms with Gasteiger partial charge in [-0.05, 0) is 32.4 Å². The van der Waals surface area contributed by atoms with E-state index >= 15 is 0 Å². The van der Waals surface area contributed by atoms with E-state index in [1.807, 2.05) is 26.8 Å². The molecule has 1 aromatic rings. The number of hydrogen-bond donors (Lipinski definition) is 1. The Balaban J connectivity index is 2.76. The van der Waals surface area contributed by atoms with E-state index in [1.165, 1.54) is 0 Å². The van der Waals surface area contributed by atoms with Gasteiger partial charge in [-0.25, -0.2) is 0 Å². The molecule has 0 radical (unpaired) electrons. The number of pyridine rings is 1. The minimum Gasteiger partial charge on any atom is -0.346 e. The minimum atomic E-state index is -0.358. The van der Waals surface area contributed by atoms with Crippen LogP contribution in [-0.4, -0.2) is 22.3 Å². The van der Waals surface area contributed by atoms with Crippen LogP contribution in [-0.2, 0) is 0 Å². The van der Waals surface area contributed by atoms with Gasteiger partial charge in [0.25, 0.3) is 5.91 Å². The number of halogens is 1. The highest BCUT2D eigenvalue weighted by Gasteiger charge is 2.23. The van der Waals surface area contributed by atoms with Gasteiger partial charge in [-0.1, -0.05) is 6.92 Å². The smallest absolute Gasteiger partial charge is 0.253 e. The van der Waals surface area contributed by atoms with Gasteiger partial charge in [0, 0.05) is 17.8 Å². The fourth-order valence-corrected chi connectivity index (χ4v) is 1.42. The highest BCUT2D eigenvalue weighted by molar-refractivity contribution is 6.18. The van der Waals surface area contributed by atoms with Crippen molar-refractivity contribution in [2.75, 3.05) is 5.88 Å². The number of amides is 1. The standard InChI is InChI=1S/C12H17ClN2O/c1-4-12(3,8-13)15-11(16)10-6-5-9(2)14-7-10/h5-7H,4,8H2,1-3H3,(H,15,16). The lowest BCUT2D eigenvalue weighted by atomic mass is 10.0. The largest absolute Gasteiger partial charge is 0.346 e. The summed E-state index contributed by atoms with van der Waals surface area (Å²) < 4.78 is 0. The lowest BCUT2D eigenvalue weighted by Gasteiger charge is -2.26. The minimum absolute atomic E-state index is 0.127. The Morgan fingerprint density at radius 3 is 2.69 bits per heavy atom. The van der Waals surface area contributed by atoms with E-state index in [2.05, 4.69) is 10.3 Å². The predicted octanol–water partition coefficient (Wildman–Crippen LogP) is 2.53. The molecule has 1 N–H and O–H groups in total. The van der Waals surface area contributed by atoms with Crippen LogP contribution >= 0.6 is 11.6 Å². The summed E-state index contributed by atoms with van der Waals surface area (Å²) in [6, 6.07) is 3.58. The molecule has 3 nitrogen and oxygen atoms in total. The predicted molar refractivity (Wildman–Crippen MR) is 65.9 cm³/mol. The van der Waals surface area contributed by atoms with Gasteiger partial charge in [0.2, 0.25) is 0 Å². The maximum absolute atomic E-state index is 11.9. The van der Waals surface area contributed by atoms with Gasteiger partial charge in [-0.15, -0.1) is 11.6 Å². The molecule has 0 fully saturated rings. The van der Waals surface area contributed by atoms with Crippen molar-refractivity contribution in [1.29, 1.82) is 0 Å². The highest BCUT2D eigenvalue weighted by Crippen LogP contribution is 2.12. The summed E-state index contributed by atoms with van der Waals surface area (Å²) in [5.41, 5.74) is 1.10. The molecule has 88 valence electrons. The molecule has 16 heavy (non-hydrogen) atoms. The molecule has 0 saturated heterocycles. The first kappa shape index (κ1) is 13.0. The lowest BCUT2D eigenvalue weighted by Crippen LogP contribution is -2.47. The van der Waals surface area contributed by atoms with E-state index in [4.69, 9.17) is 11.6 Å². The third kappa shape index (κ3) is 3.20. The molecule has 0 saturated carbocycles. The number of nitrogens with zero attached hydrogens (tertiary/aromatic N) is 1. The van der Waals surface area contributed by atoms with Crippen LogP contribution in [0, 0.1) is 6.92 Å². The molecule has 0 aromatic carbocycles. The summed E-state index contributed by atoms with van der Waals surface area (Å²) in [6.45, 7) is 5.81. The van der Waals surface area contributed by atoms with E-state index in [1.54, 1.807) is 12.3 Å². The van der Waals surface area contributed by atoms with Crippen molar-refractivity contribution >= 4 is 17.5 Å². The molecular formula is C12H17ClN2O. The molecule has 4 heteroatoms. The molecule has 1 amide bonds. The van der Waals surface area contributed by atoms with Crippen molar-refractivity contribution in [3.05, 3.63) is 29.6 Å². The zero-order valence-corrected chi connectivity index (χ0v) is 10.6. The Hall–Kier alpha value is -1.09. The third-order valence-corrected chi connectivity index (χ3v) is 3.25. The molecule has 0 spiro atoms. The van der Waals surface area contributed by atoms with E-state index in [0.717, 1.165) is 12.1 Å². The molecule has 1 heterocycles. The van der Waals surface area contributed by atoms with E-state index in [0.29, 0.717) is 11.4 Å². The summed E-state index contributed by atoms with van der Waals surface area (Å²) >= 11 is 5.84. The Labute approximate surface area is 101 Å². The van der Waals surface area contributed by atoms with Crippen molar-refractivity contribution in [3.8, 4) is 0 Å². The van der Waals surface area contributed by atoms with Gasteiger partial charge in [0.05, 0.1) is 11.1 Å². The van der Waals surface area contributed by atoms with Crippen LogP contribution in [0.2, 0.25) is 0 Å². The van der Waals surface area contributed by atoms with Crippen molar-refractivity contribution in [2.45, 2.75) is 32.7 Å². The average molecular weight is 241 g/mol. The summed E-state index contributed by atoms with van der Waals surface area (Å²) in [5, 5.41) is 2.92. The first-order valence-electron chi connectivity index (χ1n) is 5.32. The first-order valence-corrected chi connectivity index (χ1v) is 5.85. The van der Waals surface area contributed by atoms with Gasteiger partial charge in [-0.3, -0.25) is 9.78 Å². The molecule has 0 aliphatic carbocycles. The van der Waals surface area contributed by atoms with Crippen LogP contribution in [0.1, 0.15) is 36.3 Å². The third-order valence-electron chi connectivity index (χ3n) is 2.66. The zero-order chi connectivity index (χ0) is 12.2. The first-order chi connectivity index (χ1) is 7.50. The van der Waals surface area contributed by atoms with Crippen molar-refractivity contribution in [2.24, 2.45) is 0 Å². The van der Waals surface area contributed by atoms with E-state index in [-0.39, 0.29) is 11.4 Å². The summed E-state index contributed by atoms with van der Waals surface area (Å²) in [5.74, 6) is 0.270. The van der Waals surface area contributed by atoms with Crippen LogP contribution in [0.4, 0.5) is 0 Å². The van der Waals surface area contributed by atoms with Crippen LogP contribution < -0.4 is 5.32 Å². The Morgan fingerprint density at radius 2 is 2.25 bits per heavy atom. The van der Waals surface area contributed by atoms with Gasteiger partial charge >= 0.3 is 0 Å². The second-order valence-electron chi connectivity index (χ2n) is 4.19. The topological polar surface area (TPSA) is 42.0 Å². The second-order valence-corrected chi connectivity index (χ2v) is 4.46. The number of carbonyl (C=O) groups excluding carboxylic acids is 1. The number of aromatic nitrogens is 1. The molecule has 1 rings (SSSR count). The van der Waals surface area contributed by atoms with Crippen LogP contribution in [0.25, 0.3) is 0 Å². The highest BCUT2D eigenvalue weighted by atomic mass is 35.5. The quantitative estimate of drug-likeness (QED) is 0.822. The summed E-state index contributed by atoms with van der Waals surface area (Å²) in [6.07, 6.45) is 2.37. The summed E-state index contributed by atoms with van der Waals surface area (Å²) in [7, 11) is 0. The normalized spacial score (nSPS) is 14.2. The number of carbonyl (C=O) groups is 1. The number of nitrogens with one attached hydrogen (secondary N) is 1. The molecule has 0 aliphatic heterocycles. The van der Waals surface area contributed by atoms with Crippen LogP contribution in [0.15, 0.2) is 18.3 Å². The van der Waals surface area contributed by atoms with E-state index < -0.39 is 0 Å². The number of hydrogen-bond acceptors (Lipinski definition) is 2. The van der Waals surface area contributed by atoms with Crippen molar-refractivity contribution < 1.29 is 4.79 Å². The molecule has 1 aromatic heterocycles. The number of rotatable bonds is 4. The van der Waals surface area contributed by atoms with Crippen molar-refractivity contribution in [1.82, 2.24) is 10.3 Å². The Kier molecular flexibility index (Phi) is 4.30. The fourth-order valence-electron chi connectivity index (χ4n) is 1.16. The molecule has 1 atom stereocenters. The monoisotopic (exact) mass is 240 g/mol. The number of aryl methyl sites for hydroxylation is 1. The van der Waals surface area contributed by atoms with Gasteiger partial charge in [-0.2, -0.15) is 0 Å². The van der Waals surface area contributed by atoms with Gasteiger partial charge in [0.1, 0.15) is 0 Å². The van der Waals surface area contributed by atoms with Crippen LogP contribution in [0.3, 0.4) is 0 Å². The lowest BCUT2D eigenvalue weighted by molar-refractivity contribution is 0.0912. The SMILES string of the molecule is CCC(C)(CCl)NC(=O)c1ccc(C)nc1. The molecule has 1 unspecified atom stereocenters. The molecule has 0 aliphatic rings.